The van der Waals surface area contributed by atoms with Crippen LogP contribution in [0.5, 0.6) is 0 Å². The number of fused-ring (bicyclic) bond motifs is 1. The Morgan fingerprint density at radius 2 is 1.65 bits per heavy atom. The van der Waals surface area contributed by atoms with Crippen LogP contribution in [0.25, 0.3) is 0 Å². The topological polar surface area (TPSA) is 95.7 Å². The number of aliphatic hydroxyl groups is 2. The SMILES string of the molecule is CN1C(=O)C(=O)C(c2cccc(C#CC(C)(C)O)c2)c2cc(C(O)(c3ccc(Cl)cc3)c3cncn3C)ccc21. The molecule has 0 aliphatic carbocycles. The molecule has 2 heterocycles. The molecule has 7 nitrogen and oxygen atoms in total. The van der Waals surface area contributed by atoms with E-state index in [1.165, 1.54) is 4.90 Å². The van der Waals surface area contributed by atoms with Crippen molar-refractivity contribution in [3.63, 3.8) is 0 Å². The summed E-state index contributed by atoms with van der Waals surface area (Å²) in [5, 5.41) is 23.0. The van der Waals surface area contributed by atoms with Crippen LogP contribution in [0.3, 0.4) is 0 Å². The number of Topliss-reactive ketones (excluding diaryl/α,β-unsaturated/α-hetero) is 1. The van der Waals surface area contributed by atoms with E-state index in [2.05, 4.69) is 16.8 Å². The van der Waals surface area contributed by atoms with Gasteiger partial charge in [0.15, 0.2) is 5.60 Å². The second-order valence-electron chi connectivity index (χ2n) is 10.5. The number of carbonyl (C=O) groups is 2. The average molecular weight is 554 g/mol. The summed E-state index contributed by atoms with van der Waals surface area (Å²) in [7, 11) is 3.35. The number of benzene rings is 3. The molecule has 2 unspecified atom stereocenters. The molecule has 1 amide bonds. The lowest BCUT2D eigenvalue weighted by Crippen LogP contribution is -2.42. The fourth-order valence-electron chi connectivity index (χ4n) is 5.07. The highest BCUT2D eigenvalue weighted by Gasteiger charge is 2.42. The lowest BCUT2D eigenvalue weighted by molar-refractivity contribution is -0.136. The van der Waals surface area contributed by atoms with Gasteiger partial charge in [0.25, 0.3) is 5.91 Å². The molecule has 0 spiro atoms. The maximum absolute atomic E-state index is 13.5. The first kappa shape index (κ1) is 27.4. The zero-order chi connectivity index (χ0) is 28.8. The van der Waals surface area contributed by atoms with Gasteiger partial charge in [0, 0.05) is 30.4 Å². The standard InChI is InChI=1S/C32H28ClN3O4/c1-31(2,39)15-14-20-6-5-7-21(16-20)28-25-17-23(10-13-26(25)36(4)30(38)29(28)37)32(40,27-18-34-19-35(27)3)22-8-11-24(33)12-9-22/h5-13,16-19,28,39-40H,1-4H3. The molecule has 1 aromatic heterocycles. The van der Waals surface area contributed by atoms with Crippen molar-refractivity contribution in [1.29, 1.82) is 0 Å². The average Bonchev–Trinajstić information content (AvgIpc) is 3.36. The van der Waals surface area contributed by atoms with E-state index < -0.39 is 28.8 Å². The molecule has 1 aliphatic heterocycles. The van der Waals surface area contributed by atoms with Crippen LogP contribution in [0.1, 0.15) is 53.3 Å². The summed E-state index contributed by atoms with van der Waals surface area (Å²) < 4.78 is 1.73. The highest BCUT2D eigenvalue weighted by molar-refractivity contribution is 6.45. The molecule has 0 radical (unpaired) electrons. The summed E-state index contributed by atoms with van der Waals surface area (Å²) in [6.45, 7) is 3.18. The number of aryl methyl sites for hydroxylation is 1. The van der Waals surface area contributed by atoms with Crippen LogP contribution in [0, 0.1) is 11.8 Å². The molecule has 0 saturated heterocycles. The normalized spacial score (nSPS) is 16.7. The van der Waals surface area contributed by atoms with Crippen LogP contribution in [0.4, 0.5) is 5.69 Å². The number of rotatable bonds is 4. The maximum Gasteiger partial charge on any atom is 0.295 e. The lowest BCUT2D eigenvalue weighted by Gasteiger charge is -2.34. The van der Waals surface area contributed by atoms with Gasteiger partial charge in [-0.05, 0) is 72.5 Å². The second kappa shape index (κ2) is 10.1. The monoisotopic (exact) mass is 553 g/mol. The van der Waals surface area contributed by atoms with Gasteiger partial charge >= 0.3 is 0 Å². The first-order valence-electron chi connectivity index (χ1n) is 12.7. The molecule has 5 rings (SSSR count). The maximum atomic E-state index is 13.5. The molecule has 0 fully saturated rings. The van der Waals surface area contributed by atoms with Gasteiger partial charge in [0.1, 0.15) is 5.60 Å². The van der Waals surface area contributed by atoms with Crippen molar-refractivity contribution in [2.24, 2.45) is 7.05 Å². The van der Waals surface area contributed by atoms with Gasteiger partial charge in [-0.25, -0.2) is 4.98 Å². The fraction of sp³-hybridized carbons (Fsp3) is 0.219. The van der Waals surface area contributed by atoms with Gasteiger partial charge in [-0.1, -0.05) is 53.8 Å². The van der Waals surface area contributed by atoms with Crippen LogP contribution in [-0.2, 0) is 22.2 Å². The number of amides is 1. The molecule has 40 heavy (non-hydrogen) atoms. The summed E-state index contributed by atoms with van der Waals surface area (Å²) in [6, 6.07) is 19.3. The summed E-state index contributed by atoms with van der Waals surface area (Å²) in [4.78, 5) is 32.1. The zero-order valence-electron chi connectivity index (χ0n) is 22.5. The van der Waals surface area contributed by atoms with E-state index in [4.69, 9.17) is 11.6 Å². The molecular weight excluding hydrogens is 526 g/mol. The van der Waals surface area contributed by atoms with E-state index in [-0.39, 0.29) is 0 Å². The Kier molecular flexibility index (Phi) is 6.89. The van der Waals surface area contributed by atoms with Crippen LogP contribution in [0.15, 0.2) is 79.3 Å². The third-order valence-electron chi connectivity index (χ3n) is 7.08. The van der Waals surface area contributed by atoms with Crippen LogP contribution < -0.4 is 4.90 Å². The van der Waals surface area contributed by atoms with Crippen LogP contribution >= 0.6 is 11.6 Å². The van der Waals surface area contributed by atoms with Gasteiger partial charge in [-0.3, -0.25) is 9.59 Å². The van der Waals surface area contributed by atoms with Gasteiger partial charge < -0.3 is 19.7 Å². The van der Waals surface area contributed by atoms with E-state index >= 15 is 0 Å². The Balaban J connectivity index is 1.72. The Morgan fingerprint density at radius 1 is 0.950 bits per heavy atom. The van der Waals surface area contributed by atoms with Gasteiger partial charge in [0.2, 0.25) is 5.78 Å². The van der Waals surface area contributed by atoms with E-state index in [0.29, 0.717) is 44.2 Å². The van der Waals surface area contributed by atoms with Gasteiger partial charge in [0.05, 0.1) is 24.1 Å². The molecular formula is C32H28ClN3O4. The quantitative estimate of drug-likeness (QED) is 0.292. The minimum Gasteiger partial charge on any atom is -0.378 e. The number of aromatic nitrogens is 2. The van der Waals surface area contributed by atoms with E-state index in [9.17, 15) is 19.8 Å². The smallest absolute Gasteiger partial charge is 0.295 e. The number of likely N-dealkylation sites (N-methyl/N-ethyl adjacent to an activating group) is 1. The number of nitrogens with zero attached hydrogens (tertiary/aromatic N) is 3. The number of anilines is 1. The van der Waals surface area contributed by atoms with Crippen molar-refractivity contribution in [3.8, 4) is 11.8 Å². The highest BCUT2D eigenvalue weighted by atomic mass is 35.5. The predicted octanol–water partition coefficient (Wildman–Crippen LogP) is 4.16. The van der Waals surface area contributed by atoms with Crippen molar-refractivity contribution in [2.45, 2.75) is 31.0 Å². The summed E-state index contributed by atoms with van der Waals surface area (Å²) >= 11 is 6.15. The van der Waals surface area contributed by atoms with Crippen molar-refractivity contribution in [3.05, 3.63) is 118 Å². The summed E-state index contributed by atoms with van der Waals surface area (Å²) in [5.41, 5.74) is 1.08. The van der Waals surface area contributed by atoms with E-state index in [1.54, 1.807) is 112 Å². The van der Waals surface area contributed by atoms with Gasteiger partial charge in [-0.2, -0.15) is 0 Å². The van der Waals surface area contributed by atoms with Crippen molar-refractivity contribution >= 4 is 29.0 Å². The Morgan fingerprint density at radius 3 is 2.30 bits per heavy atom. The molecule has 0 saturated carbocycles. The number of imidazole rings is 1. The summed E-state index contributed by atoms with van der Waals surface area (Å²) in [6.07, 6.45) is 3.20. The number of carbonyl (C=O) groups excluding carboxylic acids is 2. The molecule has 202 valence electrons. The van der Waals surface area contributed by atoms with Crippen molar-refractivity contribution in [2.75, 3.05) is 11.9 Å². The van der Waals surface area contributed by atoms with E-state index in [0.717, 1.165) is 0 Å². The Hall–Kier alpha value is -4.22. The summed E-state index contributed by atoms with van der Waals surface area (Å²) in [5.74, 6) is 3.60. The minimum atomic E-state index is -1.64. The Labute approximate surface area is 237 Å². The molecule has 8 heteroatoms. The largest absolute Gasteiger partial charge is 0.378 e. The first-order valence-corrected chi connectivity index (χ1v) is 13.0. The highest BCUT2D eigenvalue weighted by Crippen LogP contribution is 2.43. The third kappa shape index (κ3) is 4.82. The van der Waals surface area contributed by atoms with Crippen molar-refractivity contribution < 1.29 is 19.8 Å². The zero-order valence-corrected chi connectivity index (χ0v) is 23.3. The predicted molar refractivity (Wildman–Crippen MR) is 153 cm³/mol. The van der Waals surface area contributed by atoms with Gasteiger partial charge in [-0.15, -0.1) is 0 Å². The molecule has 1 aliphatic rings. The molecule has 3 aromatic carbocycles. The van der Waals surface area contributed by atoms with E-state index in [1.807, 2.05) is 0 Å². The van der Waals surface area contributed by atoms with Crippen LogP contribution in [-0.4, -0.2) is 44.1 Å². The molecule has 0 bridgehead atoms. The fourth-order valence-corrected chi connectivity index (χ4v) is 5.19. The first-order chi connectivity index (χ1) is 18.9. The number of halogens is 1. The van der Waals surface area contributed by atoms with Crippen molar-refractivity contribution in [1.82, 2.24) is 9.55 Å². The Bertz CT molecular complexity index is 1690. The number of hydrogen-bond donors (Lipinski definition) is 2. The second-order valence-corrected chi connectivity index (χ2v) is 10.9. The minimum absolute atomic E-state index is 0.496. The molecule has 4 aromatic rings. The number of ketones is 1. The molecule has 2 atom stereocenters. The third-order valence-corrected chi connectivity index (χ3v) is 7.33. The lowest BCUT2D eigenvalue weighted by atomic mass is 9.78. The molecule has 2 N–H and O–H groups in total. The van der Waals surface area contributed by atoms with Crippen LogP contribution in [0.2, 0.25) is 5.02 Å². The number of hydrogen-bond acceptors (Lipinski definition) is 5.